The Morgan fingerprint density at radius 3 is 3.00 bits per heavy atom. The topological polar surface area (TPSA) is 76.5 Å². The van der Waals surface area contributed by atoms with Crippen molar-refractivity contribution in [3.05, 3.63) is 10.4 Å². The molecule has 6 nitrogen and oxygen atoms in total. The lowest BCUT2D eigenvalue weighted by molar-refractivity contribution is -0.0192. The fourth-order valence-electron chi connectivity index (χ4n) is 1.91. The summed E-state index contributed by atoms with van der Waals surface area (Å²) in [5.41, 5.74) is 8.34. The molecule has 2 aliphatic rings. The van der Waals surface area contributed by atoms with Crippen LogP contribution in [0.3, 0.4) is 0 Å². The Labute approximate surface area is 87.1 Å². The molecule has 2 fully saturated rings. The average molecular weight is 209 g/mol. The van der Waals surface area contributed by atoms with Crippen LogP contribution in [0.4, 0.5) is 0 Å². The van der Waals surface area contributed by atoms with Gasteiger partial charge in [-0.05, 0) is 5.53 Å². The van der Waals surface area contributed by atoms with Crippen molar-refractivity contribution in [1.29, 1.82) is 0 Å². The smallest absolute Gasteiger partial charge is 0.113 e. The molecular formula is C9H11N3O3. The lowest BCUT2D eigenvalue weighted by atomic mass is 10.1. The maximum absolute atomic E-state index is 8.34. The molecule has 0 radical (unpaired) electrons. The van der Waals surface area contributed by atoms with E-state index in [1.807, 2.05) is 0 Å². The highest BCUT2D eigenvalue weighted by molar-refractivity contribution is 4.99. The summed E-state index contributed by atoms with van der Waals surface area (Å²) in [6, 6.07) is -0.251. The third-order valence-corrected chi connectivity index (χ3v) is 2.56. The summed E-state index contributed by atoms with van der Waals surface area (Å²) in [5, 5.41) is 3.62. The van der Waals surface area contributed by atoms with E-state index in [4.69, 9.17) is 26.2 Å². The third kappa shape index (κ3) is 1.91. The van der Waals surface area contributed by atoms with E-state index in [1.54, 1.807) is 0 Å². The van der Waals surface area contributed by atoms with Gasteiger partial charge in [-0.2, -0.15) is 0 Å². The fourth-order valence-corrected chi connectivity index (χ4v) is 1.91. The molecule has 15 heavy (non-hydrogen) atoms. The van der Waals surface area contributed by atoms with E-state index < -0.39 is 0 Å². The van der Waals surface area contributed by atoms with Crippen LogP contribution in [0.5, 0.6) is 0 Å². The Balaban J connectivity index is 1.96. The predicted molar refractivity (Wildman–Crippen MR) is 51.0 cm³/mol. The van der Waals surface area contributed by atoms with E-state index in [-0.39, 0.29) is 31.0 Å². The molecule has 0 aromatic carbocycles. The van der Waals surface area contributed by atoms with E-state index in [0.717, 1.165) is 0 Å². The second-order valence-corrected chi connectivity index (χ2v) is 3.42. The van der Waals surface area contributed by atoms with Gasteiger partial charge in [0.1, 0.15) is 18.8 Å². The minimum absolute atomic E-state index is 0.148. The van der Waals surface area contributed by atoms with Crippen molar-refractivity contribution in [3.63, 3.8) is 0 Å². The largest absolute Gasteiger partial charge is 0.372 e. The Hall–Kier alpha value is -1.25. The summed E-state index contributed by atoms with van der Waals surface area (Å²) in [7, 11) is 0. The maximum atomic E-state index is 8.34. The van der Waals surface area contributed by atoms with Crippen LogP contribution in [-0.4, -0.2) is 44.2 Å². The van der Waals surface area contributed by atoms with Crippen LogP contribution in [0.2, 0.25) is 0 Å². The standard InChI is InChI=1S/C9H11N3O3/c1-2-3-13-7-5-15-8-6(11-12-10)4-14-9(7)8/h1,6-9H,3-5H2/t6-,7+,8?,9?/m0/s1. The normalized spacial score (nSPS) is 38.1. The molecule has 2 heterocycles. The predicted octanol–water partition coefficient (Wildman–Crippen LogP) is 0.481. The summed E-state index contributed by atoms with van der Waals surface area (Å²) in [4.78, 5) is 2.76. The molecule has 2 rings (SSSR count). The fraction of sp³-hybridized carbons (Fsp3) is 0.778. The summed E-state index contributed by atoms with van der Waals surface area (Å²) >= 11 is 0. The molecule has 0 bridgehead atoms. The highest BCUT2D eigenvalue weighted by atomic mass is 16.6. The van der Waals surface area contributed by atoms with Crippen LogP contribution in [0.1, 0.15) is 0 Å². The number of azide groups is 1. The molecule has 0 N–H and O–H groups in total. The Morgan fingerprint density at radius 1 is 1.47 bits per heavy atom. The monoisotopic (exact) mass is 209 g/mol. The van der Waals surface area contributed by atoms with Gasteiger partial charge in [0.25, 0.3) is 0 Å². The lowest BCUT2D eigenvalue weighted by Crippen LogP contribution is -2.32. The van der Waals surface area contributed by atoms with Crippen LogP contribution in [0, 0.1) is 12.3 Å². The zero-order valence-electron chi connectivity index (χ0n) is 8.07. The number of terminal acetylenes is 1. The van der Waals surface area contributed by atoms with Crippen molar-refractivity contribution in [2.75, 3.05) is 19.8 Å². The first-order valence-corrected chi connectivity index (χ1v) is 4.69. The molecule has 4 atom stereocenters. The summed E-state index contributed by atoms with van der Waals surface area (Å²) in [6.45, 7) is 1.07. The maximum Gasteiger partial charge on any atom is 0.113 e. The highest BCUT2D eigenvalue weighted by Gasteiger charge is 2.47. The molecule has 0 saturated carbocycles. The molecule has 0 spiro atoms. The van der Waals surface area contributed by atoms with Crippen molar-refractivity contribution in [2.24, 2.45) is 5.11 Å². The number of fused-ring (bicyclic) bond motifs is 1. The van der Waals surface area contributed by atoms with Gasteiger partial charge in [-0.25, -0.2) is 0 Å². The van der Waals surface area contributed by atoms with E-state index >= 15 is 0 Å². The summed E-state index contributed by atoms with van der Waals surface area (Å²) in [6.07, 6.45) is 4.60. The molecule has 6 heteroatoms. The number of hydrogen-bond acceptors (Lipinski definition) is 4. The zero-order valence-corrected chi connectivity index (χ0v) is 8.07. The van der Waals surface area contributed by atoms with E-state index in [0.29, 0.717) is 13.2 Å². The van der Waals surface area contributed by atoms with Crippen molar-refractivity contribution in [2.45, 2.75) is 24.4 Å². The van der Waals surface area contributed by atoms with Gasteiger partial charge in [-0.1, -0.05) is 11.0 Å². The van der Waals surface area contributed by atoms with E-state index in [1.165, 1.54) is 0 Å². The van der Waals surface area contributed by atoms with Gasteiger partial charge in [-0.3, -0.25) is 0 Å². The van der Waals surface area contributed by atoms with Crippen molar-refractivity contribution < 1.29 is 14.2 Å². The molecule has 0 aliphatic carbocycles. The zero-order chi connectivity index (χ0) is 10.7. The van der Waals surface area contributed by atoms with Crippen molar-refractivity contribution in [1.82, 2.24) is 0 Å². The SMILES string of the molecule is C#CCO[C@@H]1COC2C1OC[C@@H]2N=[N+]=[N-]. The summed E-state index contributed by atoms with van der Waals surface area (Å²) < 4.78 is 16.3. The Morgan fingerprint density at radius 2 is 2.27 bits per heavy atom. The van der Waals surface area contributed by atoms with Crippen molar-refractivity contribution in [3.8, 4) is 12.3 Å². The Bertz CT molecular complexity index is 321. The van der Waals surface area contributed by atoms with E-state index in [9.17, 15) is 0 Å². The molecular weight excluding hydrogens is 198 g/mol. The first-order chi connectivity index (χ1) is 7.36. The second kappa shape index (κ2) is 4.51. The van der Waals surface area contributed by atoms with Gasteiger partial charge in [0.2, 0.25) is 0 Å². The third-order valence-electron chi connectivity index (χ3n) is 2.56. The van der Waals surface area contributed by atoms with Gasteiger partial charge in [0.15, 0.2) is 0 Å². The lowest BCUT2D eigenvalue weighted by Gasteiger charge is -2.14. The first-order valence-electron chi connectivity index (χ1n) is 4.69. The first kappa shape index (κ1) is 10.3. The average Bonchev–Trinajstić information content (AvgIpc) is 2.79. The van der Waals surface area contributed by atoms with Gasteiger partial charge in [0, 0.05) is 4.91 Å². The molecule has 0 aromatic heterocycles. The Kier molecular flexibility index (Phi) is 3.09. The highest BCUT2D eigenvalue weighted by Crippen LogP contribution is 2.30. The number of hydrogen-bond donors (Lipinski definition) is 0. The molecule has 2 aliphatic heterocycles. The van der Waals surface area contributed by atoms with Gasteiger partial charge in [-0.15, -0.1) is 6.42 Å². The van der Waals surface area contributed by atoms with Crippen LogP contribution in [-0.2, 0) is 14.2 Å². The van der Waals surface area contributed by atoms with Gasteiger partial charge < -0.3 is 14.2 Å². The van der Waals surface area contributed by atoms with Crippen LogP contribution >= 0.6 is 0 Å². The minimum atomic E-state index is -0.251. The molecule has 2 unspecified atom stereocenters. The number of rotatable bonds is 3. The van der Waals surface area contributed by atoms with E-state index in [2.05, 4.69) is 15.9 Å². The quantitative estimate of drug-likeness (QED) is 0.293. The number of ether oxygens (including phenoxy) is 3. The molecule has 80 valence electrons. The molecule has 2 saturated heterocycles. The van der Waals surface area contributed by atoms with Crippen LogP contribution in [0.25, 0.3) is 10.4 Å². The minimum Gasteiger partial charge on any atom is -0.372 e. The summed E-state index contributed by atoms with van der Waals surface area (Å²) in [5.74, 6) is 2.40. The van der Waals surface area contributed by atoms with Gasteiger partial charge in [0.05, 0.1) is 25.4 Å². The van der Waals surface area contributed by atoms with Crippen molar-refractivity contribution >= 4 is 0 Å². The van der Waals surface area contributed by atoms with Crippen LogP contribution in [0.15, 0.2) is 5.11 Å². The van der Waals surface area contributed by atoms with Gasteiger partial charge >= 0.3 is 0 Å². The molecule has 0 amide bonds. The molecule has 0 aromatic rings. The number of nitrogens with zero attached hydrogens (tertiary/aromatic N) is 3. The second-order valence-electron chi connectivity index (χ2n) is 3.42. The van der Waals surface area contributed by atoms with Crippen LogP contribution < -0.4 is 0 Å².